The Kier molecular flexibility index (Phi) is 6.33. The predicted molar refractivity (Wildman–Crippen MR) is 97.2 cm³/mol. The van der Waals surface area contributed by atoms with E-state index in [1.54, 1.807) is 6.92 Å². The van der Waals surface area contributed by atoms with Gasteiger partial charge in [-0.15, -0.1) is 0 Å². The molecule has 2 rings (SSSR count). The second-order valence-corrected chi connectivity index (χ2v) is 7.71. The van der Waals surface area contributed by atoms with Crippen LogP contribution in [0.5, 0.6) is 0 Å². The van der Waals surface area contributed by atoms with Crippen LogP contribution in [0.4, 0.5) is 0 Å². The molecule has 0 aromatic heterocycles. The summed E-state index contributed by atoms with van der Waals surface area (Å²) in [5.74, 6) is -0.233. The van der Waals surface area contributed by atoms with Crippen LogP contribution in [0.25, 0.3) is 0 Å². The Balaban J connectivity index is 2.03. The average Bonchev–Trinajstić information content (AvgIpc) is 2.61. The number of rotatable bonds is 7. The van der Waals surface area contributed by atoms with E-state index in [0.717, 1.165) is 0 Å². The van der Waals surface area contributed by atoms with Gasteiger partial charge in [0.05, 0.1) is 17.6 Å². The van der Waals surface area contributed by atoms with E-state index < -0.39 is 16.0 Å². The van der Waals surface area contributed by atoms with Gasteiger partial charge in [-0.25, -0.2) is 17.9 Å². The largest absolute Gasteiger partial charge is 0.465 e. The molecule has 1 atom stereocenters. The number of benzene rings is 2. The molecule has 5 nitrogen and oxygen atoms in total. The van der Waals surface area contributed by atoms with Crippen molar-refractivity contribution in [1.29, 1.82) is 0 Å². The molecule has 2 aromatic rings. The third-order valence-electron chi connectivity index (χ3n) is 4.12. The zero-order valence-electron chi connectivity index (χ0n) is 14.7. The monoisotopic (exact) mass is 361 g/mol. The topological polar surface area (TPSA) is 72.5 Å². The lowest BCUT2D eigenvalue weighted by molar-refractivity contribution is 0.0600. The highest BCUT2D eigenvalue weighted by atomic mass is 32.2. The van der Waals surface area contributed by atoms with Crippen molar-refractivity contribution >= 4 is 16.0 Å². The molecule has 134 valence electrons. The maximum Gasteiger partial charge on any atom is 0.337 e. The number of aryl methyl sites for hydroxylation is 1. The van der Waals surface area contributed by atoms with E-state index in [2.05, 4.69) is 16.4 Å². The molecule has 25 heavy (non-hydrogen) atoms. The van der Waals surface area contributed by atoms with E-state index >= 15 is 0 Å². The van der Waals surface area contributed by atoms with Gasteiger partial charge in [0.25, 0.3) is 0 Å². The van der Waals surface area contributed by atoms with Crippen molar-refractivity contribution in [2.75, 3.05) is 13.7 Å². The number of hydrogen-bond donors (Lipinski definition) is 1. The van der Waals surface area contributed by atoms with Crippen molar-refractivity contribution in [3.63, 3.8) is 0 Å². The summed E-state index contributed by atoms with van der Waals surface area (Å²) in [6.45, 7) is 4.07. The number of carbonyl (C=O) groups is 1. The molecule has 0 fully saturated rings. The van der Waals surface area contributed by atoms with Gasteiger partial charge in [0.2, 0.25) is 10.0 Å². The Hall–Kier alpha value is -2.18. The second kappa shape index (κ2) is 8.27. The summed E-state index contributed by atoms with van der Waals surface area (Å²) < 4.78 is 32.3. The van der Waals surface area contributed by atoms with Crippen LogP contribution in [0.1, 0.15) is 40.7 Å². The Morgan fingerprint density at radius 3 is 2.44 bits per heavy atom. The number of esters is 1. The first kappa shape index (κ1) is 19.1. The van der Waals surface area contributed by atoms with Crippen LogP contribution in [0.15, 0.2) is 53.4 Å². The van der Waals surface area contributed by atoms with Crippen LogP contribution in [-0.2, 0) is 14.8 Å². The highest BCUT2D eigenvalue weighted by Crippen LogP contribution is 2.20. The molecule has 0 heterocycles. The Labute approximate surface area is 149 Å². The molecule has 0 amide bonds. The van der Waals surface area contributed by atoms with Crippen molar-refractivity contribution in [3.8, 4) is 0 Å². The summed E-state index contributed by atoms with van der Waals surface area (Å²) in [6.07, 6.45) is 0.697. The molecule has 0 aliphatic heterocycles. The molecule has 1 N–H and O–H groups in total. The molecule has 1 unspecified atom stereocenters. The molecule has 0 radical (unpaired) electrons. The molecule has 6 heteroatoms. The summed E-state index contributed by atoms with van der Waals surface area (Å²) in [4.78, 5) is 11.7. The molecule has 0 saturated carbocycles. The quantitative estimate of drug-likeness (QED) is 0.769. The van der Waals surface area contributed by atoms with Crippen LogP contribution < -0.4 is 4.72 Å². The highest BCUT2D eigenvalue weighted by Gasteiger charge is 2.18. The van der Waals surface area contributed by atoms with Gasteiger partial charge in [-0.3, -0.25) is 0 Å². The molecule has 0 spiro atoms. The Bertz CT molecular complexity index is 832. The summed E-state index contributed by atoms with van der Waals surface area (Å²) in [7, 11) is -2.33. The second-order valence-electron chi connectivity index (χ2n) is 5.97. The molecular formula is C19H23NO4S. The van der Waals surface area contributed by atoms with Crippen LogP contribution in [0.2, 0.25) is 0 Å². The van der Waals surface area contributed by atoms with Gasteiger partial charge < -0.3 is 4.74 Å². The van der Waals surface area contributed by atoms with Gasteiger partial charge in [0.15, 0.2) is 0 Å². The van der Waals surface area contributed by atoms with Crippen molar-refractivity contribution in [2.24, 2.45) is 0 Å². The van der Waals surface area contributed by atoms with E-state index in [-0.39, 0.29) is 10.8 Å². The van der Waals surface area contributed by atoms with Crippen LogP contribution in [-0.4, -0.2) is 28.0 Å². The standard InChI is InChI=1S/C19H23NO4S/c1-14(16-7-5-4-6-8-16)11-12-20-25(22,23)18-10-9-17(13-15(18)2)19(21)24-3/h4-10,13-14,20H,11-12H2,1-3H3. The molecule has 0 aliphatic carbocycles. The molecule has 0 saturated heterocycles. The number of carbonyl (C=O) groups excluding carboxylic acids is 1. The zero-order chi connectivity index (χ0) is 18.4. The minimum Gasteiger partial charge on any atom is -0.465 e. The van der Waals surface area contributed by atoms with Gasteiger partial charge in [-0.05, 0) is 48.6 Å². The molecule has 0 bridgehead atoms. The van der Waals surface area contributed by atoms with E-state index in [1.807, 2.05) is 30.3 Å². The molecular weight excluding hydrogens is 338 g/mol. The lowest BCUT2D eigenvalue weighted by Gasteiger charge is -2.14. The lowest BCUT2D eigenvalue weighted by Crippen LogP contribution is -2.26. The van der Waals surface area contributed by atoms with E-state index in [0.29, 0.717) is 24.1 Å². The fourth-order valence-electron chi connectivity index (χ4n) is 2.63. The first-order valence-electron chi connectivity index (χ1n) is 8.08. The SMILES string of the molecule is COC(=O)c1ccc(S(=O)(=O)NCCC(C)c2ccccc2)c(C)c1. The summed E-state index contributed by atoms with van der Waals surface area (Å²) in [5, 5.41) is 0. The van der Waals surface area contributed by atoms with Gasteiger partial charge in [-0.2, -0.15) is 0 Å². The summed E-state index contributed by atoms with van der Waals surface area (Å²) in [6, 6.07) is 14.4. The smallest absolute Gasteiger partial charge is 0.337 e. The van der Waals surface area contributed by atoms with E-state index in [1.165, 1.54) is 30.9 Å². The molecule has 2 aromatic carbocycles. The third kappa shape index (κ3) is 4.90. The van der Waals surface area contributed by atoms with E-state index in [9.17, 15) is 13.2 Å². The number of hydrogen-bond acceptors (Lipinski definition) is 4. The van der Waals surface area contributed by atoms with Crippen molar-refractivity contribution < 1.29 is 17.9 Å². The van der Waals surface area contributed by atoms with Crippen molar-refractivity contribution in [3.05, 3.63) is 65.2 Å². The highest BCUT2D eigenvalue weighted by molar-refractivity contribution is 7.89. The number of sulfonamides is 1. The van der Waals surface area contributed by atoms with Crippen LogP contribution in [0.3, 0.4) is 0 Å². The molecule has 0 aliphatic rings. The Morgan fingerprint density at radius 1 is 1.16 bits per heavy atom. The van der Waals surface area contributed by atoms with Gasteiger partial charge in [0.1, 0.15) is 0 Å². The van der Waals surface area contributed by atoms with Crippen LogP contribution in [0, 0.1) is 6.92 Å². The normalized spacial score (nSPS) is 12.6. The number of ether oxygens (including phenoxy) is 1. The zero-order valence-corrected chi connectivity index (χ0v) is 15.5. The van der Waals surface area contributed by atoms with Gasteiger partial charge in [0, 0.05) is 6.54 Å². The summed E-state index contributed by atoms with van der Waals surface area (Å²) in [5.41, 5.74) is 2.02. The number of nitrogens with one attached hydrogen (secondary N) is 1. The summed E-state index contributed by atoms with van der Waals surface area (Å²) >= 11 is 0. The number of methoxy groups -OCH3 is 1. The minimum absolute atomic E-state index is 0.174. The fraction of sp³-hybridized carbons (Fsp3) is 0.316. The lowest BCUT2D eigenvalue weighted by atomic mass is 9.98. The predicted octanol–water partition coefficient (Wildman–Crippen LogP) is 3.25. The average molecular weight is 361 g/mol. The fourth-order valence-corrected chi connectivity index (χ4v) is 3.90. The first-order chi connectivity index (χ1) is 11.8. The Morgan fingerprint density at radius 2 is 1.84 bits per heavy atom. The first-order valence-corrected chi connectivity index (χ1v) is 9.57. The van der Waals surface area contributed by atoms with Crippen LogP contribution >= 0.6 is 0 Å². The minimum atomic E-state index is -3.62. The van der Waals surface area contributed by atoms with Crippen molar-refractivity contribution in [1.82, 2.24) is 4.72 Å². The maximum absolute atomic E-state index is 12.5. The van der Waals surface area contributed by atoms with E-state index in [4.69, 9.17) is 0 Å². The van der Waals surface area contributed by atoms with Gasteiger partial charge in [-0.1, -0.05) is 37.3 Å². The third-order valence-corrected chi connectivity index (χ3v) is 5.74. The van der Waals surface area contributed by atoms with Gasteiger partial charge >= 0.3 is 5.97 Å². The maximum atomic E-state index is 12.5. The van der Waals surface area contributed by atoms with Crippen molar-refractivity contribution in [2.45, 2.75) is 31.1 Å².